The van der Waals surface area contributed by atoms with Crippen LogP contribution >= 0.6 is 11.6 Å². The van der Waals surface area contributed by atoms with Gasteiger partial charge >= 0.3 is 0 Å². The number of rotatable bonds is 3. The zero-order valence-corrected chi connectivity index (χ0v) is 10.3. The Hall–Kier alpha value is -2.14. The third-order valence-electron chi connectivity index (χ3n) is 2.37. The van der Waals surface area contributed by atoms with Crippen LogP contribution in [0, 0.1) is 17.0 Å². The smallest absolute Gasteiger partial charge is 0.201 e. The number of ether oxygens (including phenoxy) is 1. The minimum atomic E-state index is -1.11. The maximum Gasteiger partial charge on any atom is 0.201 e. The first-order valence-corrected chi connectivity index (χ1v) is 5.62. The van der Waals surface area contributed by atoms with Crippen LogP contribution in [0.2, 0.25) is 5.02 Å². The number of hydrogen-bond acceptors (Lipinski definition) is 2. The van der Waals surface area contributed by atoms with Crippen LogP contribution in [0.15, 0.2) is 36.4 Å². The van der Waals surface area contributed by atoms with Crippen molar-refractivity contribution in [2.75, 3.05) is 0 Å². The number of nitrogen functional groups attached to an aromatic ring is 1. The fraction of sp³-hybridized carbons (Fsp3) is 0. The van der Waals surface area contributed by atoms with E-state index in [0.717, 1.165) is 6.07 Å². The molecule has 0 amide bonds. The SMILES string of the molecule is N=C(N)c1ccc(Cl)cc1Oc1cccc(F)c1F. The van der Waals surface area contributed by atoms with Crippen molar-refractivity contribution in [2.24, 2.45) is 5.73 Å². The maximum atomic E-state index is 13.5. The van der Waals surface area contributed by atoms with E-state index in [1.54, 1.807) is 0 Å². The van der Waals surface area contributed by atoms with E-state index >= 15 is 0 Å². The Balaban J connectivity index is 2.45. The van der Waals surface area contributed by atoms with Gasteiger partial charge in [-0.05, 0) is 24.3 Å². The molecular weight excluding hydrogens is 274 g/mol. The van der Waals surface area contributed by atoms with Crippen molar-refractivity contribution in [1.29, 1.82) is 5.41 Å². The summed E-state index contributed by atoms with van der Waals surface area (Å²) in [4.78, 5) is 0. The number of hydrogen-bond donors (Lipinski definition) is 2. The molecule has 0 unspecified atom stereocenters. The van der Waals surface area contributed by atoms with E-state index in [1.807, 2.05) is 0 Å². The molecule has 0 aliphatic rings. The van der Waals surface area contributed by atoms with Gasteiger partial charge in [-0.15, -0.1) is 0 Å². The molecule has 0 bridgehead atoms. The topological polar surface area (TPSA) is 59.1 Å². The van der Waals surface area contributed by atoms with Crippen molar-refractivity contribution < 1.29 is 13.5 Å². The standard InChI is InChI=1S/C13H9ClF2N2O/c14-7-4-5-8(13(17)18)11(6-7)19-10-3-1-2-9(15)12(10)16/h1-6H,(H3,17,18). The first-order chi connectivity index (χ1) is 8.99. The van der Waals surface area contributed by atoms with E-state index in [0.29, 0.717) is 5.02 Å². The molecule has 0 aliphatic carbocycles. The van der Waals surface area contributed by atoms with Crippen LogP contribution in [-0.2, 0) is 0 Å². The fourth-order valence-corrected chi connectivity index (χ4v) is 1.65. The Kier molecular flexibility index (Phi) is 3.66. The second-order valence-corrected chi connectivity index (χ2v) is 4.14. The average molecular weight is 283 g/mol. The summed E-state index contributed by atoms with van der Waals surface area (Å²) < 4.78 is 31.8. The normalized spacial score (nSPS) is 10.3. The van der Waals surface area contributed by atoms with Crippen LogP contribution < -0.4 is 10.5 Å². The van der Waals surface area contributed by atoms with Gasteiger partial charge in [0.25, 0.3) is 0 Å². The highest BCUT2D eigenvalue weighted by molar-refractivity contribution is 6.30. The van der Waals surface area contributed by atoms with E-state index in [2.05, 4.69) is 0 Å². The van der Waals surface area contributed by atoms with E-state index in [4.69, 9.17) is 27.5 Å². The van der Waals surface area contributed by atoms with Gasteiger partial charge in [-0.25, -0.2) is 4.39 Å². The van der Waals surface area contributed by atoms with Crippen LogP contribution in [-0.4, -0.2) is 5.84 Å². The number of halogens is 3. The molecular formula is C13H9ClF2N2O. The van der Waals surface area contributed by atoms with Crippen LogP contribution in [0.3, 0.4) is 0 Å². The molecule has 0 aromatic heterocycles. The summed E-state index contributed by atoms with van der Waals surface area (Å²) in [6.45, 7) is 0. The minimum absolute atomic E-state index is 0.0875. The molecule has 2 aromatic rings. The average Bonchev–Trinajstić information content (AvgIpc) is 2.35. The summed E-state index contributed by atoms with van der Waals surface area (Å²) in [7, 11) is 0. The van der Waals surface area contributed by atoms with Gasteiger partial charge in [-0.3, -0.25) is 5.41 Å². The lowest BCUT2D eigenvalue weighted by Gasteiger charge is -2.11. The van der Waals surface area contributed by atoms with E-state index < -0.39 is 11.6 Å². The predicted octanol–water partition coefficient (Wildman–Crippen LogP) is 3.69. The molecule has 0 atom stereocenters. The van der Waals surface area contributed by atoms with Gasteiger partial charge in [0.1, 0.15) is 11.6 Å². The van der Waals surface area contributed by atoms with Crippen LogP contribution in [0.1, 0.15) is 5.56 Å². The zero-order valence-electron chi connectivity index (χ0n) is 9.58. The predicted molar refractivity (Wildman–Crippen MR) is 68.9 cm³/mol. The molecule has 98 valence electrons. The molecule has 0 saturated carbocycles. The van der Waals surface area contributed by atoms with Crippen molar-refractivity contribution >= 4 is 17.4 Å². The molecule has 0 fully saturated rings. The van der Waals surface area contributed by atoms with Gasteiger partial charge in [0.05, 0.1) is 5.56 Å². The second kappa shape index (κ2) is 5.24. The first-order valence-electron chi connectivity index (χ1n) is 5.25. The summed E-state index contributed by atoms with van der Waals surface area (Å²) >= 11 is 5.80. The molecule has 6 heteroatoms. The quantitative estimate of drug-likeness (QED) is 0.666. The molecule has 3 nitrogen and oxygen atoms in total. The lowest BCUT2D eigenvalue weighted by molar-refractivity contribution is 0.415. The highest BCUT2D eigenvalue weighted by Crippen LogP contribution is 2.30. The summed E-state index contributed by atoms with van der Waals surface area (Å²) in [6.07, 6.45) is 0. The Morgan fingerprint density at radius 2 is 1.89 bits per heavy atom. The number of amidine groups is 1. The molecule has 0 saturated heterocycles. The van der Waals surface area contributed by atoms with Crippen LogP contribution in [0.25, 0.3) is 0 Å². The molecule has 19 heavy (non-hydrogen) atoms. The summed E-state index contributed by atoms with van der Waals surface area (Å²) in [5.74, 6) is -2.61. The Labute approximate surface area is 113 Å². The number of nitrogens with one attached hydrogen (secondary N) is 1. The summed E-state index contributed by atoms with van der Waals surface area (Å²) in [5.41, 5.74) is 5.62. The van der Waals surface area contributed by atoms with Crippen LogP contribution in [0.4, 0.5) is 8.78 Å². The molecule has 2 rings (SSSR count). The second-order valence-electron chi connectivity index (χ2n) is 3.71. The Bertz CT molecular complexity index is 647. The van der Waals surface area contributed by atoms with Crippen LogP contribution in [0.5, 0.6) is 11.5 Å². The monoisotopic (exact) mass is 282 g/mol. The van der Waals surface area contributed by atoms with Crippen molar-refractivity contribution in [1.82, 2.24) is 0 Å². The van der Waals surface area contributed by atoms with Gasteiger partial charge in [-0.1, -0.05) is 17.7 Å². The van der Waals surface area contributed by atoms with Crippen molar-refractivity contribution in [3.63, 3.8) is 0 Å². The Morgan fingerprint density at radius 3 is 2.58 bits per heavy atom. The Morgan fingerprint density at radius 1 is 1.16 bits per heavy atom. The van der Waals surface area contributed by atoms with Crippen molar-refractivity contribution in [3.8, 4) is 11.5 Å². The first kappa shape index (κ1) is 13.3. The lowest BCUT2D eigenvalue weighted by Crippen LogP contribution is -2.12. The van der Waals surface area contributed by atoms with Gasteiger partial charge < -0.3 is 10.5 Å². The number of nitrogens with two attached hydrogens (primary N) is 1. The summed E-state index contributed by atoms with van der Waals surface area (Å²) in [6, 6.07) is 7.92. The number of benzene rings is 2. The molecule has 0 heterocycles. The highest BCUT2D eigenvalue weighted by Gasteiger charge is 2.13. The maximum absolute atomic E-state index is 13.5. The molecule has 2 aromatic carbocycles. The minimum Gasteiger partial charge on any atom is -0.453 e. The van der Waals surface area contributed by atoms with Crippen molar-refractivity contribution in [2.45, 2.75) is 0 Å². The molecule has 0 aliphatic heterocycles. The largest absolute Gasteiger partial charge is 0.453 e. The lowest BCUT2D eigenvalue weighted by atomic mass is 10.2. The zero-order chi connectivity index (χ0) is 14.0. The fourth-order valence-electron chi connectivity index (χ4n) is 1.48. The van der Waals surface area contributed by atoms with Crippen molar-refractivity contribution in [3.05, 3.63) is 58.6 Å². The molecule has 3 N–H and O–H groups in total. The van der Waals surface area contributed by atoms with E-state index in [-0.39, 0.29) is 22.9 Å². The van der Waals surface area contributed by atoms with Gasteiger partial charge in [0, 0.05) is 11.1 Å². The van der Waals surface area contributed by atoms with Gasteiger partial charge in [0.15, 0.2) is 11.6 Å². The molecule has 0 radical (unpaired) electrons. The highest BCUT2D eigenvalue weighted by atomic mass is 35.5. The van der Waals surface area contributed by atoms with E-state index in [9.17, 15) is 8.78 Å². The third-order valence-corrected chi connectivity index (χ3v) is 2.61. The third kappa shape index (κ3) is 2.82. The van der Waals surface area contributed by atoms with Gasteiger partial charge in [-0.2, -0.15) is 4.39 Å². The van der Waals surface area contributed by atoms with E-state index in [1.165, 1.54) is 30.3 Å². The summed E-state index contributed by atoms with van der Waals surface area (Å²) in [5, 5.41) is 7.73. The van der Waals surface area contributed by atoms with Gasteiger partial charge in [0.2, 0.25) is 5.82 Å². The molecule has 0 spiro atoms.